The van der Waals surface area contributed by atoms with Gasteiger partial charge in [-0.1, -0.05) is 6.07 Å². The van der Waals surface area contributed by atoms with Crippen LogP contribution < -0.4 is 0 Å². The molecule has 0 aliphatic carbocycles. The first-order valence-electron chi connectivity index (χ1n) is 8.18. The minimum atomic E-state index is 0.0847. The summed E-state index contributed by atoms with van der Waals surface area (Å²) in [6, 6.07) is 12.0. The number of carbonyl (C=O) groups is 1. The van der Waals surface area contributed by atoms with Gasteiger partial charge in [-0.3, -0.25) is 9.78 Å². The van der Waals surface area contributed by atoms with E-state index in [1.54, 1.807) is 18.0 Å². The largest absolute Gasteiger partial charge is 0.375 e. The Morgan fingerprint density at radius 2 is 2.08 bits per heavy atom. The molecule has 0 bridgehead atoms. The summed E-state index contributed by atoms with van der Waals surface area (Å²) in [5.74, 6) is 0.959. The van der Waals surface area contributed by atoms with Gasteiger partial charge >= 0.3 is 0 Å². The molecule has 0 radical (unpaired) electrons. The average Bonchev–Trinajstić information content (AvgIpc) is 2.63. The highest BCUT2D eigenvalue weighted by Crippen LogP contribution is 2.23. The molecule has 1 aromatic heterocycles. The fourth-order valence-corrected chi connectivity index (χ4v) is 3.53. The Labute approximate surface area is 147 Å². The van der Waals surface area contributed by atoms with Gasteiger partial charge in [0.25, 0.3) is 5.91 Å². The van der Waals surface area contributed by atoms with Crippen LogP contribution in [0.15, 0.2) is 53.7 Å². The van der Waals surface area contributed by atoms with Crippen LogP contribution in [0.3, 0.4) is 0 Å². The van der Waals surface area contributed by atoms with Crippen LogP contribution in [0.25, 0.3) is 0 Å². The lowest BCUT2D eigenvalue weighted by Crippen LogP contribution is -2.50. The summed E-state index contributed by atoms with van der Waals surface area (Å²) in [4.78, 5) is 19.9. The lowest BCUT2D eigenvalue weighted by molar-refractivity contribution is -0.0387. The number of hydrogen-bond donors (Lipinski definition) is 0. The van der Waals surface area contributed by atoms with E-state index in [1.165, 1.54) is 5.56 Å². The number of hydrogen-bond acceptors (Lipinski definition) is 4. The maximum atomic E-state index is 12.7. The number of ether oxygens (including phenoxy) is 1. The second-order valence-electron chi connectivity index (χ2n) is 6.12. The number of carbonyl (C=O) groups excluding carboxylic acids is 1. The number of pyridine rings is 1. The number of nitrogens with zero attached hydrogens (tertiary/aromatic N) is 2. The predicted molar refractivity (Wildman–Crippen MR) is 96.2 cm³/mol. The van der Waals surface area contributed by atoms with Crippen molar-refractivity contribution in [2.75, 3.05) is 13.2 Å². The number of benzene rings is 1. The van der Waals surface area contributed by atoms with Crippen LogP contribution in [0.2, 0.25) is 0 Å². The summed E-state index contributed by atoms with van der Waals surface area (Å²) in [6.07, 6.45) is 3.76. The van der Waals surface area contributed by atoms with Crippen molar-refractivity contribution < 1.29 is 9.53 Å². The van der Waals surface area contributed by atoms with E-state index in [0.29, 0.717) is 13.2 Å². The monoisotopic (exact) mass is 342 g/mol. The third-order valence-electron chi connectivity index (χ3n) is 4.10. The van der Waals surface area contributed by atoms with Crippen molar-refractivity contribution >= 4 is 17.7 Å². The molecular weight excluding hydrogens is 320 g/mol. The van der Waals surface area contributed by atoms with Crippen LogP contribution in [0.1, 0.15) is 29.8 Å². The lowest BCUT2D eigenvalue weighted by atomic mass is 10.1. The van der Waals surface area contributed by atoms with Crippen LogP contribution >= 0.6 is 11.8 Å². The molecule has 4 nitrogen and oxygen atoms in total. The third-order valence-corrected chi connectivity index (χ3v) is 5.18. The van der Waals surface area contributed by atoms with Crippen LogP contribution in [0, 0.1) is 0 Å². The van der Waals surface area contributed by atoms with E-state index >= 15 is 0 Å². The van der Waals surface area contributed by atoms with Gasteiger partial charge in [0.1, 0.15) is 0 Å². The van der Waals surface area contributed by atoms with Crippen molar-refractivity contribution in [2.45, 2.75) is 36.6 Å². The smallest absolute Gasteiger partial charge is 0.254 e. The zero-order valence-electron chi connectivity index (χ0n) is 14.0. The van der Waals surface area contributed by atoms with Gasteiger partial charge in [0.15, 0.2) is 0 Å². The summed E-state index contributed by atoms with van der Waals surface area (Å²) in [5.41, 5.74) is 1.93. The Balaban J connectivity index is 1.62. The summed E-state index contributed by atoms with van der Waals surface area (Å²) in [6.45, 7) is 5.29. The van der Waals surface area contributed by atoms with E-state index in [-0.39, 0.29) is 18.1 Å². The lowest BCUT2D eigenvalue weighted by Gasteiger charge is -2.36. The topological polar surface area (TPSA) is 42.4 Å². The van der Waals surface area contributed by atoms with Crippen LogP contribution in [-0.2, 0) is 10.5 Å². The summed E-state index contributed by atoms with van der Waals surface area (Å²) < 4.78 is 5.60. The van der Waals surface area contributed by atoms with Crippen LogP contribution in [-0.4, -0.2) is 41.1 Å². The molecule has 0 spiro atoms. The average molecular weight is 342 g/mol. The normalized spacial score (nSPS) is 20.8. The molecule has 1 fully saturated rings. The van der Waals surface area contributed by atoms with Crippen molar-refractivity contribution in [3.63, 3.8) is 0 Å². The fraction of sp³-hybridized carbons (Fsp3) is 0.368. The molecule has 2 heterocycles. The summed E-state index contributed by atoms with van der Waals surface area (Å²) in [7, 11) is 0. The standard InChI is InChI=1S/C19H22N2O2S/c1-14-12-23-15(2)11-21(14)19(22)17-5-7-18(8-6-17)24-13-16-4-3-9-20-10-16/h3-10,14-15H,11-13H2,1-2H3/t14-,15-/m0/s1. The number of aromatic nitrogens is 1. The second-order valence-corrected chi connectivity index (χ2v) is 7.17. The Kier molecular flexibility index (Phi) is 5.53. The van der Waals surface area contributed by atoms with Crippen molar-refractivity contribution in [3.8, 4) is 0 Å². The summed E-state index contributed by atoms with van der Waals surface area (Å²) >= 11 is 1.75. The Morgan fingerprint density at radius 3 is 2.79 bits per heavy atom. The maximum Gasteiger partial charge on any atom is 0.254 e. The van der Waals surface area contributed by atoms with E-state index in [9.17, 15) is 4.79 Å². The molecule has 0 N–H and O–H groups in total. The molecule has 5 heteroatoms. The van der Waals surface area contributed by atoms with Crippen molar-refractivity contribution in [3.05, 3.63) is 59.9 Å². The van der Waals surface area contributed by atoms with E-state index in [2.05, 4.69) is 11.1 Å². The molecule has 0 unspecified atom stereocenters. The zero-order valence-corrected chi connectivity index (χ0v) is 14.8. The molecule has 1 aliphatic heterocycles. The molecule has 1 aliphatic rings. The van der Waals surface area contributed by atoms with Gasteiger partial charge < -0.3 is 9.64 Å². The van der Waals surface area contributed by atoms with Crippen molar-refractivity contribution in [2.24, 2.45) is 0 Å². The van der Waals surface area contributed by atoms with Gasteiger partial charge in [0, 0.05) is 35.2 Å². The van der Waals surface area contributed by atoms with Crippen LogP contribution in [0.5, 0.6) is 0 Å². The Bertz CT molecular complexity index is 676. The second kappa shape index (κ2) is 7.81. The zero-order chi connectivity index (χ0) is 16.9. The van der Waals surface area contributed by atoms with Crippen LogP contribution in [0.4, 0.5) is 0 Å². The van der Waals surface area contributed by atoms with Gasteiger partial charge in [-0.2, -0.15) is 0 Å². The number of morpholine rings is 1. The number of thioether (sulfide) groups is 1. The van der Waals surface area contributed by atoms with Crippen molar-refractivity contribution in [1.82, 2.24) is 9.88 Å². The minimum absolute atomic E-state index is 0.0847. The molecule has 1 saturated heterocycles. The van der Waals surface area contributed by atoms with E-state index in [0.717, 1.165) is 16.2 Å². The maximum absolute atomic E-state index is 12.7. The number of rotatable bonds is 4. The van der Waals surface area contributed by atoms with Gasteiger partial charge in [-0.25, -0.2) is 0 Å². The molecule has 24 heavy (non-hydrogen) atoms. The first kappa shape index (κ1) is 17.0. The quantitative estimate of drug-likeness (QED) is 0.796. The minimum Gasteiger partial charge on any atom is -0.375 e. The first-order chi connectivity index (χ1) is 11.6. The molecule has 0 saturated carbocycles. The molecule has 2 aromatic rings. The van der Waals surface area contributed by atoms with Gasteiger partial charge in [-0.05, 0) is 49.7 Å². The van der Waals surface area contributed by atoms with Crippen molar-refractivity contribution in [1.29, 1.82) is 0 Å². The molecule has 2 atom stereocenters. The summed E-state index contributed by atoms with van der Waals surface area (Å²) in [5, 5.41) is 0. The van der Waals surface area contributed by atoms with Gasteiger partial charge in [0.2, 0.25) is 0 Å². The van der Waals surface area contributed by atoms with E-state index < -0.39 is 0 Å². The first-order valence-corrected chi connectivity index (χ1v) is 9.16. The van der Waals surface area contributed by atoms with Gasteiger partial charge in [0.05, 0.1) is 18.8 Å². The highest BCUT2D eigenvalue weighted by atomic mass is 32.2. The molecule has 1 aromatic carbocycles. The van der Waals surface area contributed by atoms with Gasteiger partial charge in [-0.15, -0.1) is 11.8 Å². The highest BCUT2D eigenvalue weighted by molar-refractivity contribution is 7.98. The predicted octanol–water partition coefficient (Wildman–Crippen LogP) is 3.62. The molecule has 1 amide bonds. The fourth-order valence-electron chi connectivity index (χ4n) is 2.70. The molecule has 126 valence electrons. The number of amides is 1. The van der Waals surface area contributed by atoms with E-state index in [1.807, 2.05) is 55.3 Å². The van der Waals surface area contributed by atoms with E-state index in [4.69, 9.17) is 4.74 Å². The Morgan fingerprint density at radius 1 is 1.29 bits per heavy atom. The highest BCUT2D eigenvalue weighted by Gasteiger charge is 2.28. The Hall–Kier alpha value is -1.85. The third kappa shape index (κ3) is 4.16. The molecule has 3 rings (SSSR count). The molecular formula is C19H22N2O2S. The SMILES string of the molecule is C[C@H]1CN(C(=O)c2ccc(SCc3cccnc3)cc2)[C@@H](C)CO1.